The Morgan fingerprint density at radius 3 is 2.67 bits per heavy atom. The smallest absolute Gasteiger partial charge is 0.341 e. The molecule has 42 heavy (non-hydrogen) atoms. The second kappa shape index (κ2) is 10.5. The number of aromatic carboxylic acids is 1. The zero-order valence-electron chi connectivity index (χ0n) is 22.9. The lowest BCUT2D eigenvalue weighted by atomic mass is 9.92. The van der Waals surface area contributed by atoms with Crippen molar-refractivity contribution in [1.82, 2.24) is 33.7 Å². The highest BCUT2D eigenvalue weighted by Crippen LogP contribution is 2.30. The van der Waals surface area contributed by atoms with Crippen molar-refractivity contribution in [2.24, 2.45) is 5.92 Å². The molecule has 0 unspecified atom stereocenters. The first-order valence-electron chi connectivity index (χ1n) is 13.2. The number of carbonyl (C=O) groups is 2. The lowest BCUT2D eigenvalue weighted by Crippen LogP contribution is -2.51. The highest BCUT2D eigenvalue weighted by atomic mass is 32.1. The third-order valence-corrected chi connectivity index (χ3v) is 7.85. The molecule has 0 saturated carbocycles. The Hall–Kier alpha value is -4.85. The van der Waals surface area contributed by atoms with Gasteiger partial charge in [0.25, 0.3) is 0 Å². The summed E-state index contributed by atoms with van der Waals surface area (Å²) in [5.74, 6) is -2.27. The van der Waals surface area contributed by atoms with Crippen molar-refractivity contribution in [2.45, 2.75) is 33.2 Å². The number of carboxylic acid groups (broad SMARTS) is 1. The van der Waals surface area contributed by atoms with Crippen LogP contribution >= 0.6 is 11.5 Å². The molecular weight excluding hydrogens is 563 g/mol. The van der Waals surface area contributed by atoms with Crippen molar-refractivity contribution in [1.29, 1.82) is 0 Å². The van der Waals surface area contributed by atoms with Crippen LogP contribution in [0, 0.1) is 18.7 Å². The van der Waals surface area contributed by atoms with Gasteiger partial charge in [-0.15, -0.1) is 0 Å². The number of Topliss-reactive ketones (excluding diaryl/α,β-unsaturated/α-hetero) is 1. The highest BCUT2D eigenvalue weighted by molar-refractivity contribution is 7.08. The van der Waals surface area contributed by atoms with Crippen LogP contribution in [0.25, 0.3) is 27.6 Å². The number of hydrogen-bond acceptors (Lipinski definition) is 10. The monoisotopic (exact) mass is 588 g/mol. The molecule has 0 aliphatic carbocycles. The number of aromatic nitrogens is 7. The van der Waals surface area contributed by atoms with Crippen LogP contribution in [0.5, 0.6) is 0 Å². The van der Waals surface area contributed by atoms with E-state index in [2.05, 4.69) is 24.4 Å². The van der Waals surface area contributed by atoms with Crippen LogP contribution in [0.4, 0.5) is 10.2 Å². The van der Waals surface area contributed by atoms with Crippen molar-refractivity contribution >= 4 is 40.1 Å². The lowest BCUT2D eigenvalue weighted by molar-refractivity contribution is -0.123. The zero-order valence-corrected chi connectivity index (χ0v) is 23.7. The van der Waals surface area contributed by atoms with Gasteiger partial charge in [-0.1, -0.05) is 0 Å². The van der Waals surface area contributed by atoms with E-state index in [-0.39, 0.29) is 59.2 Å². The number of ketones is 1. The number of pyridine rings is 3. The number of rotatable bonds is 8. The second-order valence-corrected chi connectivity index (χ2v) is 11.1. The maximum Gasteiger partial charge on any atom is 0.341 e. The fourth-order valence-corrected chi connectivity index (χ4v) is 5.67. The Labute approximate surface area is 242 Å². The van der Waals surface area contributed by atoms with Gasteiger partial charge in [-0.3, -0.25) is 23.8 Å². The first-order valence-corrected chi connectivity index (χ1v) is 13.9. The number of hydrogen-bond donors (Lipinski definition) is 1. The first-order chi connectivity index (χ1) is 20.1. The fourth-order valence-electron chi connectivity index (χ4n) is 5.00. The van der Waals surface area contributed by atoms with Gasteiger partial charge >= 0.3 is 5.97 Å². The predicted molar refractivity (Wildman–Crippen MR) is 153 cm³/mol. The topological polar surface area (TPSA) is 149 Å². The van der Waals surface area contributed by atoms with Crippen LogP contribution < -0.4 is 10.3 Å². The molecule has 1 aliphatic heterocycles. The summed E-state index contributed by atoms with van der Waals surface area (Å²) in [6.45, 7) is 6.49. The molecule has 1 aliphatic rings. The molecule has 0 atom stereocenters. The molecule has 0 amide bonds. The summed E-state index contributed by atoms with van der Waals surface area (Å²) in [6, 6.07) is 6.57. The minimum atomic E-state index is -1.46. The van der Waals surface area contributed by atoms with Crippen LogP contribution in [0.15, 0.2) is 47.7 Å². The molecule has 14 heteroatoms. The Kier molecular flexibility index (Phi) is 6.85. The molecular formula is C28H25FN8O4S. The SMILES string of the molecule is Cc1cc(CC(=O)C2CN(c3nc4c(cc3F)c(=O)c(C(=O)O)cn4-c3nc(-c4cccnc4)ns3)C2)nn1C(C)C. The third-order valence-electron chi connectivity index (χ3n) is 7.14. The molecule has 5 aromatic rings. The van der Waals surface area contributed by atoms with Crippen molar-refractivity contribution in [3.05, 3.63) is 75.8 Å². The molecule has 0 radical (unpaired) electrons. The Balaban J connectivity index is 1.31. The van der Waals surface area contributed by atoms with Crippen LogP contribution in [0.2, 0.25) is 0 Å². The Morgan fingerprint density at radius 1 is 1.21 bits per heavy atom. The fraction of sp³-hybridized carbons (Fsp3) is 0.286. The summed E-state index contributed by atoms with van der Waals surface area (Å²) >= 11 is 0.966. The third kappa shape index (κ3) is 4.83. The van der Waals surface area contributed by atoms with E-state index in [1.807, 2.05) is 31.5 Å². The van der Waals surface area contributed by atoms with Gasteiger partial charge < -0.3 is 10.0 Å². The van der Waals surface area contributed by atoms with E-state index in [1.165, 1.54) is 4.57 Å². The zero-order chi connectivity index (χ0) is 29.7. The van der Waals surface area contributed by atoms with Crippen molar-refractivity contribution < 1.29 is 19.1 Å². The number of anilines is 1. The van der Waals surface area contributed by atoms with Gasteiger partial charge in [0.1, 0.15) is 11.3 Å². The van der Waals surface area contributed by atoms with Crippen LogP contribution in [0.3, 0.4) is 0 Å². The highest BCUT2D eigenvalue weighted by Gasteiger charge is 2.35. The molecule has 1 fully saturated rings. The molecule has 0 aromatic carbocycles. The molecule has 12 nitrogen and oxygen atoms in total. The van der Waals surface area contributed by atoms with Gasteiger partial charge in [0.2, 0.25) is 10.6 Å². The van der Waals surface area contributed by atoms with E-state index in [0.717, 1.165) is 29.5 Å². The summed E-state index contributed by atoms with van der Waals surface area (Å²) < 4.78 is 22.9. The van der Waals surface area contributed by atoms with Crippen LogP contribution in [0.1, 0.15) is 41.6 Å². The molecule has 1 N–H and O–H groups in total. The second-order valence-electron chi connectivity index (χ2n) is 10.4. The van der Waals surface area contributed by atoms with E-state index >= 15 is 4.39 Å². The summed E-state index contributed by atoms with van der Waals surface area (Å²) in [6.07, 6.45) is 4.50. The molecule has 0 bridgehead atoms. The van der Waals surface area contributed by atoms with E-state index in [0.29, 0.717) is 17.1 Å². The number of halogens is 1. The standard InChI is InChI=1S/C28H25FN8O4S/c1-14(2)37-15(3)7-18(33-37)8-22(38)17-11-35(12-17)26-21(29)9-19-23(39)20(27(40)41)13-36(25(19)32-26)28-31-24(34-42-28)16-5-4-6-30-10-16/h4-7,9-10,13-14,17H,8,11-12H2,1-3H3,(H,40,41). The van der Waals surface area contributed by atoms with Crippen LogP contribution in [-0.4, -0.2) is 63.6 Å². The van der Waals surface area contributed by atoms with E-state index < -0.39 is 22.8 Å². The molecule has 6 rings (SSSR count). The normalized spacial score (nSPS) is 13.6. The van der Waals surface area contributed by atoms with E-state index in [1.54, 1.807) is 29.4 Å². The maximum atomic E-state index is 15.3. The summed E-state index contributed by atoms with van der Waals surface area (Å²) in [7, 11) is 0. The van der Waals surface area contributed by atoms with Gasteiger partial charge in [0.15, 0.2) is 23.1 Å². The number of carboxylic acids is 1. The molecule has 5 aromatic heterocycles. The van der Waals surface area contributed by atoms with Crippen molar-refractivity contribution in [3.8, 4) is 16.5 Å². The Morgan fingerprint density at radius 2 is 2.00 bits per heavy atom. The van der Waals surface area contributed by atoms with Gasteiger partial charge in [0, 0.05) is 60.5 Å². The predicted octanol–water partition coefficient (Wildman–Crippen LogP) is 3.47. The number of nitrogens with zero attached hydrogens (tertiary/aromatic N) is 8. The number of carbonyl (C=O) groups excluding carboxylic acids is 1. The number of aryl methyl sites for hydroxylation is 1. The van der Waals surface area contributed by atoms with Crippen molar-refractivity contribution in [3.63, 3.8) is 0 Å². The molecule has 1 saturated heterocycles. The summed E-state index contributed by atoms with van der Waals surface area (Å²) in [5.41, 5.74) is 0.924. The lowest BCUT2D eigenvalue weighted by Gasteiger charge is -2.39. The maximum absolute atomic E-state index is 15.3. The summed E-state index contributed by atoms with van der Waals surface area (Å²) in [5, 5.41) is 14.2. The van der Waals surface area contributed by atoms with Gasteiger partial charge in [0.05, 0.1) is 23.4 Å². The van der Waals surface area contributed by atoms with E-state index in [4.69, 9.17) is 0 Å². The first kappa shape index (κ1) is 27.3. The Bertz CT molecular complexity index is 1910. The average Bonchev–Trinajstić information content (AvgIpc) is 3.56. The van der Waals surface area contributed by atoms with Crippen LogP contribution in [-0.2, 0) is 11.2 Å². The summed E-state index contributed by atoms with van der Waals surface area (Å²) in [4.78, 5) is 52.4. The number of fused-ring (bicyclic) bond motifs is 1. The minimum Gasteiger partial charge on any atom is -0.477 e. The molecule has 0 spiro atoms. The molecule has 214 valence electrons. The van der Waals surface area contributed by atoms with Crippen molar-refractivity contribution in [2.75, 3.05) is 18.0 Å². The minimum absolute atomic E-state index is 0.000605. The largest absolute Gasteiger partial charge is 0.477 e. The average molecular weight is 589 g/mol. The molecule has 6 heterocycles. The quantitative estimate of drug-likeness (QED) is 0.286. The van der Waals surface area contributed by atoms with E-state index in [9.17, 15) is 19.5 Å². The van der Waals surface area contributed by atoms with Gasteiger partial charge in [-0.2, -0.15) is 14.5 Å². The van der Waals surface area contributed by atoms with Gasteiger partial charge in [-0.25, -0.2) is 14.2 Å². The van der Waals surface area contributed by atoms with Gasteiger partial charge in [-0.05, 0) is 45.0 Å².